The number of anilines is 1. The molecule has 150 valence electrons. The molecule has 3 aromatic rings. The summed E-state index contributed by atoms with van der Waals surface area (Å²) in [5, 5.41) is 12.1. The first kappa shape index (κ1) is 18.7. The third kappa shape index (κ3) is 4.45. The van der Waals surface area contributed by atoms with Crippen LogP contribution in [-0.4, -0.2) is 70.7 Å². The smallest absolute Gasteiger partial charge is 0.260 e. The summed E-state index contributed by atoms with van der Waals surface area (Å²) in [5.74, 6) is 1.67. The van der Waals surface area contributed by atoms with Gasteiger partial charge in [-0.3, -0.25) is 4.79 Å². The first-order valence-electron chi connectivity index (χ1n) is 9.36. The summed E-state index contributed by atoms with van der Waals surface area (Å²) in [4.78, 5) is 16.5. The minimum Gasteiger partial charge on any atom is -0.497 e. The SMILES string of the molecule is COc1ccc(N2CCN(C(=O)COc3ccc(-n4cccn4)nn3)CC2)cc1. The van der Waals surface area contributed by atoms with Crippen LogP contribution < -0.4 is 14.4 Å². The second-order valence-electron chi connectivity index (χ2n) is 6.53. The van der Waals surface area contributed by atoms with E-state index in [9.17, 15) is 4.79 Å². The van der Waals surface area contributed by atoms with Crippen molar-refractivity contribution in [2.24, 2.45) is 0 Å². The number of amides is 1. The molecule has 4 rings (SSSR count). The molecule has 2 aromatic heterocycles. The number of ether oxygens (including phenoxy) is 2. The molecule has 3 heterocycles. The molecular weight excluding hydrogens is 372 g/mol. The van der Waals surface area contributed by atoms with Crippen LogP contribution in [0.1, 0.15) is 0 Å². The van der Waals surface area contributed by atoms with E-state index in [0.717, 1.165) is 24.5 Å². The molecule has 0 N–H and O–H groups in total. The van der Waals surface area contributed by atoms with Gasteiger partial charge in [-0.25, -0.2) is 4.68 Å². The van der Waals surface area contributed by atoms with Crippen molar-refractivity contribution in [3.05, 3.63) is 54.9 Å². The maximum Gasteiger partial charge on any atom is 0.260 e. The van der Waals surface area contributed by atoms with Crippen LogP contribution in [-0.2, 0) is 4.79 Å². The minimum absolute atomic E-state index is 0.0572. The van der Waals surface area contributed by atoms with Gasteiger partial charge in [0.05, 0.1) is 7.11 Å². The van der Waals surface area contributed by atoms with Gasteiger partial charge in [0.15, 0.2) is 12.4 Å². The van der Waals surface area contributed by atoms with E-state index in [1.54, 1.807) is 42.4 Å². The summed E-state index contributed by atoms with van der Waals surface area (Å²) in [6, 6.07) is 13.2. The molecule has 0 aliphatic carbocycles. The molecule has 0 bridgehead atoms. The number of aromatic nitrogens is 4. The Labute approximate surface area is 168 Å². The van der Waals surface area contributed by atoms with Crippen molar-refractivity contribution in [2.75, 3.05) is 44.8 Å². The molecule has 1 fully saturated rings. The summed E-state index contributed by atoms with van der Waals surface area (Å²) < 4.78 is 12.3. The maximum atomic E-state index is 12.5. The highest BCUT2D eigenvalue weighted by Gasteiger charge is 2.21. The Hall–Kier alpha value is -3.62. The predicted octanol–water partition coefficient (Wildman–Crippen LogP) is 1.40. The van der Waals surface area contributed by atoms with Crippen molar-refractivity contribution in [1.82, 2.24) is 24.9 Å². The Bertz CT molecular complexity index is 920. The van der Waals surface area contributed by atoms with E-state index in [-0.39, 0.29) is 12.5 Å². The number of hydrogen-bond acceptors (Lipinski definition) is 7. The molecule has 0 radical (unpaired) electrons. The van der Waals surface area contributed by atoms with E-state index < -0.39 is 0 Å². The van der Waals surface area contributed by atoms with Crippen LogP contribution in [0.2, 0.25) is 0 Å². The molecule has 0 unspecified atom stereocenters. The van der Waals surface area contributed by atoms with Crippen molar-refractivity contribution < 1.29 is 14.3 Å². The highest BCUT2D eigenvalue weighted by atomic mass is 16.5. The van der Waals surface area contributed by atoms with Crippen LogP contribution in [0, 0.1) is 0 Å². The summed E-state index contributed by atoms with van der Waals surface area (Å²) >= 11 is 0. The minimum atomic E-state index is -0.0580. The second kappa shape index (κ2) is 8.59. The number of nitrogens with zero attached hydrogens (tertiary/aromatic N) is 6. The van der Waals surface area contributed by atoms with Crippen LogP contribution in [0.4, 0.5) is 5.69 Å². The molecule has 9 heteroatoms. The third-order valence-corrected chi connectivity index (χ3v) is 4.78. The highest BCUT2D eigenvalue weighted by molar-refractivity contribution is 5.78. The molecule has 1 saturated heterocycles. The van der Waals surface area contributed by atoms with Crippen LogP contribution >= 0.6 is 0 Å². The molecule has 9 nitrogen and oxygen atoms in total. The maximum absolute atomic E-state index is 12.5. The number of methoxy groups -OCH3 is 1. The van der Waals surface area contributed by atoms with Gasteiger partial charge < -0.3 is 19.3 Å². The monoisotopic (exact) mass is 394 g/mol. The van der Waals surface area contributed by atoms with Gasteiger partial charge in [0.25, 0.3) is 5.91 Å². The Morgan fingerprint density at radius 1 is 1.03 bits per heavy atom. The Morgan fingerprint density at radius 3 is 2.45 bits per heavy atom. The number of benzene rings is 1. The lowest BCUT2D eigenvalue weighted by Gasteiger charge is -2.36. The van der Waals surface area contributed by atoms with Crippen molar-refractivity contribution in [2.45, 2.75) is 0 Å². The van der Waals surface area contributed by atoms with E-state index in [0.29, 0.717) is 24.8 Å². The van der Waals surface area contributed by atoms with Gasteiger partial charge in [-0.1, -0.05) is 0 Å². The largest absolute Gasteiger partial charge is 0.497 e. The van der Waals surface area contributed by atoms with Crippen molar-refractivity contribution >= 4 is 11.6 Å². The number of hydrogen-bond donors (Lipinski definition) is 0. The van der Waals surface area contributed by atoms with Gasteiger partial charge in [-0.05, 0) is 36.4 Å². The number of carbonyl (C=O) groups is 1. The fourth-order valence-corrected chi connectivity index (χ4v) is 3.15. The number of piperazine rings is 1. The lowest BCUT2D eigenvalue weighted by molar-refractivity contribution is -0.133. The molecule has 1 aliphatic rings. The van der Waals surface area contributed by atoms with E-state index in [1.807, 2.05) is 29.2 Å². The lowest BCUT2D eigenvalue weighted by atomic mass is 10.2. The molecule has 1 aromatic carbocycles. The first-order chi connectivity index (χ1) is 14.2. The molecule has 0 atom stereocenters. The Kier molecular flexibility index (Phi) is 5.55. The Morgan fingerprint density at radius 2 is 1.83 bits per heavy atom. The fraction of sp³-hybridized carbons (Fsp3) is 0.300. The zero-order chi connectivity index (χ0) is 20.1. The van der Waals surface area contributed by atoms with E-state index in [4.69, 9.17) is 9.47 Å². The average Bonchev–Trinajstić information content (AvgIpc) is 3.33. The van der Waals surface area contributed by atoms with Crippen LogP contribution in [0.15, 0.2) is 54.9 Å². The topological polar surface area (TPSA) is 85.6 Å². The van der Waals surface area contributed by atoms with Crippen LogP contribution in [0.3, 0.4) is 0 Å². The summed E-state index contributed by atoms with van der Waals surface area (Å²) in [5.41, 5.74) is 1.13. The van der Waals surface area contributed by atoms with Gasteiger partial charge in [0.2, 0.25) is 5.88 Å². The molecular formula is C20H22N6O3. The average molecular weight is 394 g/mol. The normalized spacial score (nSPS) is 14.0. The van der Waals surface area contributed by atoms with Gasteiger partial charge in [-0.15, -0.1) is 10.2 Å². The lowest BCUT2D eigenvalue weighted by Crippen LogP contribution is -2.50. The standard InChI is InChI=1S/C20H22N6O3/c1-28-17-5-3-16(4-6-17)24-11-13-25(14-12-24)20(27)15-29-19-8-7-18(22-23-19)26-10-2-9-21-26/h2-10H,11-15H2,1H3. The number of carbonyl (C=O) groups excluding carboxylic acids is 1. The molecule has 1 aliphatic heterocycles. The van der Waals surface area contributed by atoms with E-state index >= 15 is 0 Å². The molecule has 0 spiro atoms. The zero-order valence-electron chi connectivity index (χ0n) is 16.1. The second-order valence-corrected chi connectivity index (χ2v) is 6.53. The van der Waals surface area contributed by atoms with Crippen LogP contribution in [0.5, 0.6) is 11.6 Å². The third-order valence-electron chi connectivity index (χ3n) is 4.78. The Balaban J connectivity index is 1.25. The van der Waals surface area contributed by atoms with E-state index in [2.05, 4.69) is 20.2 Å². The van der Waals surface area contributed by atoms with Gasteiger partial charge in [0.1, 0.15) is 5.75 Å². The predicted molar refractivity (Wildman–Crippen MR) is 106 cm³/mol. The van der Waals surface area contributed by atoms with Crippen molar-refractivity contribution in [3.8, 4) is 17.4 Å². The number of rotatable bonds is 6. The quantitative estimate of drug-likeness (QED) is 0.625. The molecule has 1 amide bonds. The first-order valence-corrected chi connectivity index (χ1v) is 9.36. The van der Waals surface area contributed by atoms with Crippen molar-refractivity contribution in [1.29, 1.82) is 0 Å². The van der Waals surface area contributed by atoms with Crippen molar-refractivity contribution in [3.63, 3.8) is 0 Å². The summed E-state index contributed by atoms with van der Waals surface area (Å²) in [6.07, 6.45) is 3.44. The van der Waals surface area contributed by atoms with Gasteiger partial charge >= 0.3 is 0 Å². The molecule has 0 saturated carbocycles. The van der Waals surface area contributed by atoms with Gasteiger partial charge in [0, 0.05) is 50.3 Å². The highest BCUT2D eigenvalue weighted by Crippen LogP contribution is 2.20. The summed E-state index contributed by atoms with van der Waals surface area (Å²) in [7, 11) is 1.65. The van der Waals surface area contributed by atoms with E-state index in [1.165, 1.54) is 0 Å². The summed E-state index contributed by atoms with van der Waals surface area (Å²) in [6.45, 7) is 2.79. The zero-order valence-corrected chi connectivity index (χ0v) is 16.1. The fourth-order valence-electron chi connectivity index (χ4n) is 3.15. The van der Waals surface area contributed by atoms with Crippen LogP contribution in [0.25, 0.3) is 5.82 Å². The molecule has 29 heavy (non-hydrogen) atoms. The van der Waals surface area contributed by atoms with Gasteiger partial charge in [-0.2, -0.15) is 5.10 Å².